The van der Waals surface area contributed by atoms with Crippen LogP contribution in [0.5, 0.6) is 0 Å². The molecule has 0 saturated heterocycles. The molecule has 1 aromatic rings. The molecule has 0 N–H and O–H groups in total. The Kier molecular flexibility index (Phi) is 3.03. The molecule has 1 heterocycles. The Labute approximate surface area is 87.4 Å². The fourth-order valence-electron chi connectivity index (χ4n) is 1.83. The molecule has 2 nitrogen and oxygen atoms in total. The van der Waals surface area contributed by atoms with Gasteiger partial charge in [0.1, 0.15) is 0 Å². The van der Waals surface area contributed by atoms with Gasteiger partial charge in [0.05, 0.1) is 12.0 Å². The molecule has 0 aliphatic heterocycles. The van der Waals surface area contributed by atoms with Crippen molar-refractivity contribution in [2.24, 2.45) is 0 Å². The van der Waals surface area contributed by atoms with Gasteiger partial charge in [0.15, 0.2) is 0 Å². The minimum Gasteiger partial charge on any atom is -0.334 e. The molecule has 0 amide bonds. The second kappa shape index (κ2) is 3.76. The molecule has 0 bridgehead atoms. The van der Waals surface area contributed by atoms with Crippen LogP contribution in [0.15, 0.2) is 6.33 Å². The number of aryl methyl sites for hydroxylation is 1. The number of imidazole rings is 1. The Balaban J connectivity index is 3.25. The molecule has 0 saturated carbocycles. The Morgan fingerprint density at radius 3 is 2.29 bits per heavy atom. The van der Waals surface area contributed by atoms with Crippen LogP contribution in [0.4, 0.5) is 0 Å². The fraction of sp³-hybridized carbons (Fsp3) is 0.750. The average molecular weight is 194 g/mol. The molecule has 2 heteroatoms. The summed E-state index contributed by atoms with van der Waals surface area (Å²) in [5.41, 5.74) is 2.79. The van der Waals surface area contributed by atoms with Crippen LogP contribution >= 0.6 is 0 Å². The maximum atomic E-state index is 4.54. The van der Waals surface area contributed by atoms with Crippen molar-refractivity contribution >= 4 is 0 Å². The maximum Gasteiger partial charge on any atom is 0.0951 e. The van der Waals surface area contributed by atoms with Crippen molar-refractivity contribution in [3.8, 4) is 0 Å². The van der Waals surface area contributed by atoms with Gasteiger partial charge in [-0.3, -0.25) is 0 Å². The first-order valence-corrected chi connectivity index (χ1v) is 5.43. The summed E-state index contributed by atoms with van der Waals surface area (Å²) in [6.45, 7) is 14.3. The SMILES string of the molecule is CCn1cnc(C(C)(C)C)c1C(C)C. The molecule has 0 unspecified atom stereocenters. The quantitative estimate of drug-likeness (QED) is 0.706. The summed E-state index contributed by atoms with van der Waals surface area (Å²) in [5.74, 6) is 0.548. The van der Waals surface area contributed by atoms with Gasteiger partial charge < -0.3 is 4.57 Å². The van der Waals surface area contributed by atoms with Gasteiger partial charge in [0.25, 0.3) is 0 Å². The summed E-state index contributed by atoms with van der Waals surface area (Å²) >= 11 is 0. The van der Waals surface area contributed by atoms with Crippen LogP contribution in [0.2, 0.25) is 0 Å². The first-order valence-electron chi connectivity index (χ1n) is 5.43. The molecular formula is C12H22N2. The molecular weight excluding hydrogens is 172 g/mol. The lowest BCUT2D eigenvalue weighted by Crippen LogP contribution is -2.16. The third-order valence-corrected chi connectivity index (χ3v) is 2.48. The molecule has 1 aromatic heterocycles. The molecule has 1 rings (SSSR count). The van der Waals surface area contributed by atoms with Crippen LogP contribution in [-0.2, 0) is 12.0 Å². The average Bonchev–Trinajstić information content (AvgIpc) is 2.45. The smallest absolute Gasteiger partial charge is 0.0951 e. The van der Waals surface area contributed by atoms with Gasteiger partial charge in [-0.2, -0.15) is 0 Å². The summed E-state index contributed by atoms with van der Waals surface area (Å²) in [7, 11) is 0. The minimum atomic E-state index is 0.153. The third-order valence-electron chi connectivity index (χ3n) is 2.48. The molecule has 80 valence electrons. The Hall–Kier alpha value is -0.790. The van der Waals surface area contributed by atoms with Gasteiger partial charge in [-0.25, -0.2) is 4.98 Å². The number of hydrogen-bond donors (Lipinski definition) is 0. The lowest BCUT2D eigenvalue weighted by atomic mass is 9.88. The standard InChI is InChI=1S/C12H22N2/c1-7-14-8-13-11(12(4,5)6)10(14)9(2)3/h8-9H,7H2,1-6H3. The lowest BCUT2D eigenvalue weighted by Gasteiger charge is -2.20. The van der Waals surface area contributed by atoms with E-state index in [0.29, 0.717) is 5.92 Å². The van der Waals surface area contributed by atoms with Gasteiger partial charge in [0.2, 0.25) is 0 Å². The van der Waals surface area contributed by atoms with Crippen LogP contribution in [0.3, 0.4) is 0 Å². The van der Waals surface area contributed by atoms with E-state index in [9.17, 15) is 0 Å². The van der Waals surface area contributed by atoms with E-state index in [-0.39, 0.29) is 5.41 Å². The first-order chi connectivity index (χ1) is 6.38. The molecule has 0 radical (unpaired) electrons. The summed E-state index contributed by atoms with van der Waals surface area (Å²) in [4.78, 5) is 4.54. The van der Waals surface area contributed by atoms with Crippen molar-refractivity contribution in [3.05, 3.63) is 17.7 Å². The summed E-state index contributed by atoms with van der Waals surface area (Å²) in [6, 6.07) is 0. The zero-order valence-electron chi connectivity index (χ0n) is 10.3. The van der Waals surface area contributed by atoms with Crippen molar-refractivity contribution in [3.63, 3.8) is 0 Å². The van der Waals surface area contributed by atoms with Crippen LogP contribution in [0, 0.1) is 0 Å². The summed E-state index contributed by atoms with van der Waals surface area (Å²) < 4.78 is 2.26. The van der Waals surface area contributed by atoms with Crippen molar-refractivity contribution in [1.29, 1.82) is 0 Å². The van der Waals surface area contributed by atoms with Gasteiger partial charge >= 0.3 is 0 Å². The van der Waals surface area contributed by atoms with E-state index >= 15 is 0 Å². The second-order valence-electron chi connectivity index (χ2n) is 5.17. The topological polar surface area (TPSA) is 17.8 Å². The maximum absolute atomic E-state index is 4.54. The highest BCUT2D eigenvalue weighted by Gasteiger charge is 2.23. The van der Waals surface area contributed by atoms with Crippen LogP contribution in [-0.4, -0.2) is 9.55 Å². The van der Waals surface area contributed by atoms with Gasteiger partial charge in [-0.1, -0.05) is 34.6 Å². The fourth-order valence-corrected chi connectivity index (χ4v) is 1.83. The van der Waals surface area contributed by atoms with E-state index in [1.54, 1.807) is 0 Å². The highest BCUT2D eigenvalue weighted by Crippen LogP contribution is 2.29. The number of aromatic nitrogens is 2. The van der Waals surface area contributed by atoms with Gasteiger partial charge in [-0.15, -0.1) is 0 Å². The molecule has 0 spiro atoms. The van der Waals surface area contributed by atoms with Gasteiger partial charge in [0, 0.05) is 17.7 Å². The minimum absolute atomic E-state index is 0.153. The zero-order chi connectivity index (χ0) is 10.9. The van der Waals surface area contributed by atoms with Crippen molar-refractivity contribution in [2.75, 3.05) is 0 Å². The number of hydrogen-bond acceptors (Lipinski definition) is 1. The summed E-state index contributed by atoms with van der Waals surface area (Å²) in [5, 5.41) is 0. The Bertz CT molecular complexity index is 303. The molecule has 0 fully saturated rings. The normalized spacial score (nSPS) is 12.5. The largest absolute Gasteiger partial charge is 0.334 e. The molecule has 0 atom stereocenters. The Morgan fingerprint density at radius 2 is 1.93 bits per heavy atom. The van der Waals surface area contributed by atoms with Crippen molar-refractivity contribution < 1.29 is 0 Å². The number of rotatable bonds is 2. The Morgan fingerprint density at radius 1 is 1.36 bits per heavy atom. The van der Waals surface area contributed by atoms with E-state index in [2.05, 4.69) is 51.1 Å². The van der Waals surface area contributed by atoms with E-state index < -0.39 is 0 Å². The highest BCUT2D eigenvalue weighted by molar-refractivity contribution is 5.23. The van der Waals surface area contributed by atoms with E-state index in [0.717, 1.165) is 6.54 Å². The van der Waals surface area contributed by atoms with Gasteiger partial charge in [-0.05, 0) is 12.8 Å². The van der Waals surface area contributed by atoms with Crippen LogP contribution in [0.25, 0.3) is 0 Å². The highest BCUT2D eigenvalue weighted by atomic mass is 15.1. The molecule has 0 aliphatic carbocycles. The van der Waals surface area contributed by atoms with Crippen LogP contribution < -0.4 is 0 Å². The van der Waals surface area contributed by atoms with Crippen molar-refractivity contribution in [2.45, 2.75) is 59.4 Å². The van der Waals surface area contributed by atoms with E-state index in [4.69, 9.17) is 0 Å². The predicted molar refractivity (Wildman–Crippen MR) is 60.7 cm³/mol. The predicted octanol–water partition coefficient (Wildman–Crippen LogP) is 3.32. The number of nitrogens with zero attached hydrogens (tertiary/aromatic N) is 2. The molecule has 14 heavy (non-hydrogen) atoms. The van der Waals surface area contributed by atoms with Crippen LogP contribution in [0.1, 0.15) is 58.8 Å². The van der Waals surface area contributed by atoms with E-state index in [1.807, 2.05) is 6.33 Å². The zero-order valence-corrected chi connectivity index (χ0v) is 10.3. The second-order valence-corrected chi connectivity index (χ2v) is 5.17. The lowest BCUT2D eigenvalue weighted by molar-refractivity contribution is 0.550. The molecule has 0 aliphatic rings. The molecule has 0 aromatic carbocycles. The van der Waals surface area contributed by atoms with E-state index in [1.165, 1.54) is 11.4 Å². The monoisotopic (exact) mass is 194 g/mol. The third kappa shape index (κ3) is 1.99. The first kappa shape index (κ1) is 11.3. The van der Waals surface area contributed by atoms with Crippen molar-refractivity contribution in [1.82, 2.24) is 9.55 Å². The summed E-state index contributed by atoms with van der Waals surface area (Å²) in [6.07, 6.45) is 1.97.